The van der Waals surface area contributed by atoms with Gasteiger partial charge in [0.25, 0.3) is 0 Å². The molecular formula is C64H74O12. The van der Waals surface area contributed by atoms with Gasteiger partial charge in [0.2, 0.25) is 0 Å². The SMILES string of the molecule is C/C(CO)=C1\CCc2ccc(cc2)[C@@H]2C=C[C@@H](c3cccc(C4(c5ccccc5)CCCCC4)c3)C[C@@H]2CC(=O)O[C@@H]2c3c(ccc4c(CO)c([C@H](CCO)COCO)c(=O)oc34)O[C@@](C)(C3CCCCC3)[C@H]2OC1=O. The molecule has 7 atom stereocenters. The number of hydrogen-bond donors (Lipinski definition) is 4. The number of rotatable bonds is 12. The highest BCUT2D eigenvalue weighted by atomic mass is 16.6. The van der Waals surface area contributed by atoms with E-state index in [4.69, 9.17) is 23.4 Å². The number of allylic oxidation sites excluding steroid dienone is 2. The van der Waals surface area contributed by atoms with Crippen molar-refractivity contribution in [2.45, 2.75) is 158 Å². The second-order valence-corrected chi connectivity index (χ2v) is 22.4. The summed E-state index contributed by atoms with van der Waals surface area (Å²) in [7, 11) is 0. The summed E-state index contributed by atoms with van der Waals surface area (Å²) < 4.78 is 32.5. The molecule has 3 aliphatic heterocycles. The predicted molar refractivity (Wildman–Crippen MR) is 289 cm³/mol. The summed E-state index contributed by atoms with van der Waals surface area (Å²) in [5.41, 5.74) is 5.10. The second-order valence-electron chi connectivity index (χ2n) is 22.4. The number of aryl methyl sites for hydroxylation is 1. The number of benzene rings is 4. The fraction of sp³-hybridized carbons (Fsp3) is 0.484. The van der Waals surface area contributed by atoms with Crippen molar-refractivity contribution in [3.05, 3.63) is 169 Å². The first-order chi connectivity index (χ1) is 37.0. The fourth-order valence-electron chi connectivity index (χ4n) is 13.9. The van der Waals surface area contributed by atoms with Gasteiger partial charge in [-0.1, -0.05) is 130 Å². The number of fused-ring (bicyclic) bond motifs is 11. The molecule has 0 spiro atoms. The van der Waals surface area contributed by atoms with E-state index < -0.39 is 54.7 Å². The van der Waals surface area contributed by atoms with E-state index >= 15 is 9.59 Å². The molecule has 0 unspecified atom stereocenters. The highest BCUT2D eigenvalue weighted by Crippen LogP contribution is 2.53. The average molecular weight is 1040 g/mol. The molecule has 4 N–H and O–H groups in total. The second kappa shape index (κ2) is 23.4. The van der Waals surface area contributed by atoms with Crippen molar-refractivity contribution in [3.8, 4) is 5.75 Å². The Morgan fingerprint density at radius 3 is 2.26 bits per heavy atom. The third kappa shape index (κ3) is 10.5. The van der Waals surface area contributed by atoms with E-state index in [1.54, 1.807) is 19.1 Å². The lowest BCUT2D eigenvalue weighted by Gasteiger charge is -2.50. The maximum atomic E-state index is 15.4. The van der Waals surface area contributed by atoms with Crippen molar-refractivity contribution in [1.29, 1.82) is 0 Å². The van der Waals surface area contributed by atoms with Crippen LogP contribution in [0.2, 0.25) is 0 Å². The van der Waals surface area contributed by atoms with Crippen LogP contribution in [0.1, 0.15) is 172 Å². The van der Waals surface area contributed by atoms with Crippen molar-refractivity contribution in [2.75, 3.05) is 26.6 Å². The van der Waals surface area contributed by atoms with E-state index in [0.717, 1.165) is 56.1 Å². The molecule has 0 saturated heterocycles. The topological polar surface area (TPSA) is 182 Å². The van der Waals surface area contributed by atoms with E-state index in [2.05, 4.69) is 91.0 Å². The van der Waals surface area contributed by atoms with Gasteiger partial charge in [0.1, 0.15) is 23.7 Å². The molecule has 5 aromatic rings. The smallest absolute Gasteiger partial charge is 0.340 e. The summed E-state index contributed by atoms with van der Waals surface area (Å²) in [6, 6.07) is 31.9. The lowest BCUT2D eigenvalue weighted by molar-refractivity contribution is -0.201. The van der Waals surface area contributed by atoms with Gasteiger partial charge in [-0.25, -0.2) is 9.59 Å². The van der Waals surface area contributed by atoms with Gasteiger partial charge in [0.05, 0.1) is 25.4 Å². The first kappa shape index (κ1) is 53.5. The Bertz CT molecular complexity index is 2980. The van der Waals surface area contributed by atoms with Crippen LogP contribution < -0.4 is 10.4 Å². The number of carbonyl (C=O) groups is 2. The molecular weight excluding hydrogens is 961 g/mol. The first-order valence-corrected chi connectivity index (χ1v) is 27.8. The highest BCUT2D eigenvalue weighted by Gasteiger charge is 2.57. The molecule has 12 heteroatoms. The van der Waals surface area contributed by atoms with Crippen LogP contribution in [-0.4, -0.2) is 70.7 Å². The van der Waals surface area contributed by atoms with E-state index in [-0.39, 0.29) is 90.4 Å². The Kier molecular flexibility index (Phi) is 16.5. The zero-order chi connectivity index (χ0) is 53.0. The molecule has 3 aliphatic carbocycles. The number of esters is 2. The molecule has 2 saturated carbocycles. The van der Waals surface area contributed by atoms with Crippen molar-refractivity contribution in [3.63, 3.8) is 0 Å². The molecule has 0 amide bonds. The normalized spacial score (nSPS) is 26.1. The Morgan fingerprint density at radius 2 is 1.54 bits per heavy atom. The van der Waals surface area contributed by atoms with Crippen LogP contribution in [0.3, 0.4) is 0 Å². The molecule has 1 aromatic heterocycles. The summed E-state index contributed by atoms with van der Waals surface area (Å²) in [6.45, 7) is 1.62. The quantitative estimate of drug-likeness (QED) is 0.0306. The molecule has 2 fully saturated rings. The Labute approximate surface area is 445 Å². The van der Waals surface area contributed by atoms with E-state index in [1.165, 1.54) is 36.0 Å². The van der Waals surface area contributed by atoms with Gasteiger partial charge in [-0.2, -0.15) is 0 Å². The summed E-state index contributed by atoms with van der Waals surface area (Å²) in [4.78, 5) is 44.8. The third-order valence-electron chi connectivity index (χ3n) is 18.0. The number of aliphatic hydroxyl groups is 4. The van der Waals surface area contributed by atoms with Crippen LogP contribution in [0.5, 0.6) is 5.75 Å². The Morgan fingerprint density at radius 1 is 0.789 bits per heavy atom. The number of aliphatic hydroxyl groups excluding tert-OH is 4. The van der Waals surface area contributed by atoms with Gasteiger partial charge in [-0.15, -0.1) is 0 Å². The summed E-state index contributed by atoms with van der Waals surface area (Å²) >= 11 is 0. The molecule has 0 radical (unpaired) electrons. The maximum absolute atomic E-state index is 15.4. The minimum atomic E-state index is -1.35. The summed E-state index contributed by atoms with van der Waals surface area (Å²) in [5.74, 6) is -2.13. The standard InChI is InChI=1S/C64H74O12/c1-40(36-66)50-25-21-41-19-22-42(23-20-41)51-26-24-44(43-13-12-18-49(34-43)64(30-10-5-11-31-64)48-16-8-4-9-17-48)33-46(51)35-55(69)73-59-57-54(76-63(2,60(59)75-61(50)70)47-14-6-3-7-15-47)28-27-52-53(37-67)56(62(71)74-58(52)57)45(29-32-65)38-72-39-68/h4,8-9,12-13,16-20,22-24,26-28,34,44-47,51,59-60,65-68H,3,5-7,10-11,14-15,21,25,29-33,35-39H2,1-2H3/b50-40-/t44-,45-,46-,51+,59-,60+,63+/m1/s1. The molecule has 2 bridgehead atoms. The lowest BCUT2D eigenvalue weighted by atomic mass is 9.64. The Hall–Kier alpha value is -5.89. The van der Waals surface area contributed by atoms with Gasteiger partial charge in [-0.05, 0) is 122 Å². The number of hydrogen-bond acceptors (Lipinski definition) is 12. The summed E-state index contributed by atoms with van der Waals surface area (Å²) in [6.07, 6.45) is 13.6. The van der Waals surface area contributed by atoms with Gasteiger partial charge < -0.3 is 43.8 Å². The van der Waals surface area contributed by atoms with Crippen molar-refractivity contribution >= 4 is 22.9 Å². The monoisotopic (exact) mass is 1030 g/mol. The van der Waals surface area contributed by atoms with Gasteiger partial charge in [0, 0.05) is 58.6 Å². The molecule has 402 valence electrons. The molecule has 4 aromatic carbocycles. The maximum Gasteiger partial charge on any atom is 0.340 e. The highest BCUT2D eigenvalue weighted by molar-refractivity contribution is 5.90. The zero-order valence-corrected chi connectivity index (χ0v) is 44.1. The van der Waals surface area contributed by atoms with E-state index in [1.807, 2.05) is 6.92 Å². The first-order valence-electron chi connectivity index (χ1n) is 27.8. The van der Waals surface area contributed by atoms with Crippen LogP contribution in [-0.2, 0) is 42.2 Å². The van der Waals surface area contributed by atoms with Gasteiger partial charge in [-0.3, -0.25) is 4.79 Å². The third-order valence-corrected chi connectivity index (χ3v) is 18.0. The van der Waals surface area contributed by atoms with Crippen LogP contribution in [0.4, 0.5) is 0 Å². The van der Waals surface area contributed by atoms with Crippen molar-refractivity contribution in [2.24, 2.45) is 11.8 Å². The van der Waals surface area contributed by atoms with Crippen LogP contribution in [0.15, 0.2) is 124 Å². The van der Waals surface area contributed by atoms with Crippen LogP contribution in [0.25, 0.3) is 11.0 Å². The van der Waals surface area contributed by atoms with Gasteiger partial charge in [0.15, 0.2) is 12.2 Å². The molecule has 12 nitrogen and oxygen atoms in total. The minimum Gasteiger partial charge on any atom is -0.483 e. The van der Waals surface area contributed by atoms with Crippen molar-refractivity contribution in [1.82, 2.24) is 0 Å². The van der Waals surface area contributed by atoms with Crippen LogP contribution >= 0.6 is 0 Å². The lowest BCUT2D eigenvalue weighted by Crippen LogP contribution is -2.58. The molecule has 76 heavy (non-hydrogen) atoms. The number of carbonyl (C=O) groups excluding carboxylic acids is 2. The average Bonchev–Trinajstić information content (AvgIpc) is 3.55. The molecule has 11 rings (SSSR count). The van der Waals surface area contributed by atoms with E-state index in [9.17, 15) is 25.2 Å². The fourth-order valence-corrected chi connectivity index (χ4v) is 13.9. The van der Waals surface area contributed by atoms with Crippen molar-refractivity contribution < 1.29 is 53.4 Å². The minimum absolute atomic E-state index is 0.00381. The summed E-state index contributed by atoms with van der Waals surface area (Å²) in [5, 5.41) is 41.6. The Balaban J connectivity index is 1.10. The van der Waals surface area contributed by atoms with E-state index in [0.29, 0.717) is 35.1 Å². The molecule has 4 heterocycles. The van der Waals surface area contributed by atoms with Crippen LogP contribution in [0, 0.1) is 11.8 Å². The molecule has 6 aliphatic rings. The zero-order valence-electron chi connectivity index (χ0n) is 44.1. The predicted octanol–water partition coefficient (Wildman–Crippen LogP) is 11.0. The largest absolute Gasteiger partial charge is 0.483 e. The number of ether oxygens (including phenoxy) is 4. The van der Waals surface area contributed by atoms with Gasteiger partial charge >= 0.3 is 17.6 Å².